The summed E-state index contributed by atoms with van der Waals surface area (Å²) in [6.07, 6.45) is 0.260. The first-order valence-electron chi connectivity index (χ1n) is 9.36. The van der Waals surface area contributed by atoms with Crippen molar-refractivity contribution in [3.05, 3.63) is 64.1 Å². The van der Waals surface area contributed by atoms with Gasteiger partial charge >= 0.3 is 6.09 Å². The molecule has 152 valence electrons. The van der Waals surface area contributed by atoms with Gasteiger partial charge in [-0.05, 0) is 69.2 Å². The van der Waals surface area contributed by atoms with Crippen LogP contribution in [0.4, 0.5) is 10.5 Å². The fourth-order valence-corrected chi connectivity index (χ4v) is 2.45. The Labute approximate surface area is 176 Å². The maximum atomic E-state index is 12.2. The highest BCUT2D eigenvalue weighted by Gasteiger charge is 2.15. The van der Waals surface area contributed by atoms with Crippen molar-refractivity contribution in [1.82, 2.24) is 5.32 Å². The molecule has 0 unspecified atom stereocenters. The van der Waals surface area contributed by atoms with Gasteiger partial charge in [-0.15, -0.1) is 0 Å². The molecule has 0 heterocycles. The van der Waals surface area contributed by atoms with Crippen LogP contribution in [-0.4, -0.2) is 24.1 Å². The molecule has 2 aromatic carbocycles. The molecule has 28 heavy (non-hydrogen) atoms. The first-order valence-corrected chi connectivity index (χ1v) is 10.1. The van der Waals surface area contributed by atoms with E-state index in [2.05, 4.69) is 26.6 Å². The van der Waals surface area contributed by atoms with Crippen molar-refractivity contribution in [2.24, 2.45) is 0 Å². The molecule has 0 saturated heterocycles. The summed E-state index contributed by atoms with van der Waals surface area (Å²) < 4.78 is 6.12. The van der Waals surface area contributed by atoms with Gasteiger partial charge in [0, 0.05) is 22.3 Å². The Kier molecular flexibility index (Phi) is 9.73. The summed E-state index contributed by atoms with van der Waals surface area (Å²) >= 11 is 3.35. The number of carbonyl (C=O) groups is 2. The summed E-state index contributed by atoms with van der Waals surface area (Å²) in [5.41, 5.74) is 1.88. The second kappa shape index (κ2) is 11.5. The van der Waals surface area contributed by atoms with Crippen molar-refractivity contribution in [1.29, 1.82) is 0 Å². The van der Waals surface area contributed by atoms with Crippen molar-refractivity contribution in [3.63, 3.8) is 0 Å². The molecule has 2 rings (SSSR count). The Morgan fingerprint density at radius 2 is 1.54 bits per heavy atom. The Bertz CT molecular complexity index is 751. The highest BCUT2D eigenvalue weighted by atomic mass is 79.9. The average molecular weight is 449 g/mol. The quantitative estimate of drug-likeness (QED) is 0.607. The SMILES string of the molecule is CC.CC(C)(C)OC(=O)NCCc1ccc(NC(=O)c2ccc(Br)cc2)cc1. The Balaban J connectivity index is 0.00000190. The minimum absolute atomic E-state index is 0.156. The van der Waals surface area contributed by atoms with E-state index in [0.29, 0.717) is 18.5 Å². The second-order valence-corrected chi connectivity index (χ2v) is 7.75. The summed E-state index contributed by atoms with van der Waals surface area (Å²) in [6, 6.07) is 14.7. The first-order chi connectivity index (χ1) is 13.2. The van der Waals surface area contributed by atoms with Gasteiger partial charge < -0.3 is 15.4 Å². The van der Waals surface area contributed by atoms with Crippen LogP contribution in [-0.2, 0) is 11.2 Å². The largest absolute Gasteiger partial charge is 0.444 e. The van der Waals surface area contributed by atoms with Gasteiger partial charge in [-0.25, -0.2) is 4.79 Å². The molecule has 0 aliphatic rings. The van der Waals surface area contributed by atoms with Gasteiger partial charge in [-0.3, -0.25) is 4.79 Å². The maximum Gasteiger partial charge on any atom is 0.407 e. The maximum absolute atomic E-state index is 12.2. The Hall–Kier alpha value is -2.34. The van der Waals surface area contributed by atoms with Crippen LogP contribution in [0.15, 0.2) is 53.0 Å². The lowest BCUT2D eigenvalue weighted by atomic mass is 10.1. The number of hydrogen-bond acceptors (Lipinski definition) is 3. The lowest BCUT2D eigenvalue weighted by Gasteiger charge is -2.19. The number of anilines is 1. The average Bonchev–Trinajstić information content (AvgIpc) is 2.64. The lowest BCUT2D eigenvalue weighted by molar-refractivity contribution is 0.0528. The van der Waals surface area contributed by atoms with E-state index >= 15 is 0 Å². The van der Waals surface area contributed by atoms with Gasteiger partial charge in [-0.1, -0.05) is 41.9 Å². The van der Waals surface area contributed by atoms with E-state index < -0.39 is 11.7 Å². The zero-order valence-corrected chi connectivity index (χ0v) is 18.7. The highest BCUT2D eigenvalue weighted by molar-refractivity contribution is 9.10. The number of benzene rings is 2. The summed E-state index contributed by atoms with van der Waals surface area (Å²) in [6.45, 7) is 9.97. The molecular weight excluding hydrogens is 420 g/mol. The third kappa shape index (κ3) is 9.04. The molecule has 0 aliphatic carbocycles. The highest BCUT2D eigenvalue weighted by Crippen LogP contribution is 2.14. The third-order valence-corrected chi connectivity index (χ3v) is 3.93. The monoisotopic (exact) mass is 448 g/mol. The van der Waals surface area contributed by atoms with Crippen molar-refractivity contribution in [2.45, 2.75) is 46.6 Å². The number of rotatable bonds is 5. The molecule has 0 bridgehead atoms. The van der Waals surface area contributed by atoms with Gasteiger partial charge in [0.25, 0.3) is 5.91 Å². The van der Waals surface area contributed by atoms with E-state index in [-0.39, 0.29) is 5.91 Å². The van der Waals surface area contributed by atoms with Gasteiger partial charge in [0.2, 0.25) is 0 Å². The summed E-state index contributed by atoms with van der Waals surface area (Å²) in [4.78, 5) is 23.8. The third-order valence-electron chi connectivity index (χ3n) is 3.40. The van der Waals surface area contributed by atoms with E-state index in [1.807, 2.05) is 71.0 Å². The van der Waals surface area contributed by atoms with E-state index in [9.17, 15) is 9.59 Å². The lowest BCUT2D eigenvalue weighted by Crippen LogP contribution is -2.33. The summed E-state index contributed by atoms with van der Waals surface area (Å²) in [5.74, 6) is -0.156. The molecule has 5 nitrogen and oxygen atoms in total. The molecule has 0 fully saturated rings. The topological polar surface area (TPSA) is 67.4 Å². The molecule has 0 radical (unpaired) electrons. The number of alkyl carbamates (subject to hydrolysis) is 1. The molecule has 0 aliphatic heterocycles. The predicted octanol–water partition coefficient (Wildman–Crippen LogP) is 5.79. The van der Waals surface area contributed by atoms with Crippen molar-refractivity contribution < 1.29 is 14.3 Å². The second-order valence-electron chi connectivity index (χ2n) is 6.84. The first kappa shape index (κ1) is 23.7. The molecule has 0 atom stereocenters. The van der Waals surface area contributed by atoms with E-state index in [0.717, 1.165) is 15.7 Å². The predicted molar refractivity (Wildman–Crippen MR) is 118 cm³/mol. The number of halogens is 1. The van der Waals surface area contributed by atoms with Crippen LogP contribution in [0.5, 0.6) is 0 Å². The van der Waals surface area contributed by atoms with Crippen molar-refractivity contribution in [2.75, 3.05) is 11.9 Å². The number of amides is 2. The standard InChI is InChI=1S/C20H23BrN2O3.C2H6/c1-20(2,3)26-19(25)22-13-12-14-4-10-17(11-5-14)23-18(24)15-6-8-16(21)9-7-15;1-2/h4-11H,12-13H2,1-3H3,(H,22,25)(H,23,24);1-2H3. The molecule has 2 amide bonds. The minimum atomic E-state index is -0.501. The van der Waals surface area contributed by atoms with Crippen LogP contribution in [0.25, 0.3) is 0 Å². The van der Waals surface area contributed by atoms with Crippen molar-refractivity contribution >= 4 is 33.6 Å². The smallest absolute Gasteiger partial charge is 0.407 e. The van der Waals surface area contributed by atoms with Gasteiger partial charge in [-0.2, -0.15) is 0 Å². The molecule has 2 N–H and O–H groups in total. The van der Waals surface area contributed by atoms with Crippen LogP contribution < -0.4 is 10.6 Å². The van der Waals surface area contributed by atoms with Gasteiger partial charge in [0.05, 0.1) is 0 Å². The van der Waals surface area contributed by atoms with Gasteiger partial charge in [0.1, 0.15) is 5.60 Å². The fraction of sp³-hybridized carbons (Fsp3) is 0.364. The minimum Gasteiger partial charge on any atom is -0.444 e. The Morgan fingerprint density at radius 1 is 0.964 bits per heavy atom. The van der Waals surface area contributed by atoms with Crippen LogP contribution in [0, 0.1) is 0 Å². The van der Waals surface area contributed by atoms with Gasteiger partial charge in [0.15, 0.2) is 0 Å². The Morgan fingerprint density at radius 3 is 2.07 bits per heavy atom. The molecule has 0 saturated carbocycles. The van der Waals surface area contributed by atoms with Crippen LogP contribution in [0.2, 0.25) is 0 Å². The summed E-state index contributed by atoms with van der Waals surface area (Å²) in [5, 5.41) is 5.59. The number of carbonyl (C=O) groups excluding carboxylic acids is 2. The molecule has 0 aromatic heterocycles. The molecule has 2 aromatic rings. The van der Waals surface area contributed by atoms with E-state index in [1.54, 1.807) is 12.1 Å². The number of ether oxygens (including phenoxy) is 1. The van der Waals surface area contributed by atoms with Crippen LogP contribution in [0.1, 0.15) is 50.5 Å². The zero-order chi connectivity index (χ0) is 21.2. The fourth-order valence-electron chi connectivity index (χ4n) is 2.18. The number of nitrogens with one attached hydrogen (secondary N) is 2. The normalized spacial score (nSPS) is 10.4. The van der Waals surface area contributed by atoms with E-state index in [1.165, 1.54) is 0 Å². The van der Waals surface area contributed by atoms with Crippen molar-refractivity contribution in [3.8, 4) is 0 Å². The summed E-state index contributed by atoms with van der Waals surface area (Å²) in [7, 11) is 0. The molecule has 6 heteroatoms. The van der Waals surface area contributed by atoms with Crippen LogP contribution in [0.3, 0.4) is 0 Å². The van der Waals surface area contributed by atoms with E-state index in [4.69, 9.17) is 4.74 Å². The van der Waals surface area contributed by atoms with Crippen LogP contribution >= 0.6 is 15.9 Å². The number of hydrogen-bond donors (Lipinski definition) is 2. The zero-order valence-electron chi connectivity index (χ0n) is 17.1. The molecular formula is C22H29BrN2O3. The molecule has 0 spiro atoms.